The Hall–Kier alpha value is -3.36. The van der Waals surface area contributed by atoms with Gasteiger partial charge in [-0.2, -0.15) is 0 Å². The van der Waals surface area contributed by atoms with E-state index in [9.17, 15) is 20.2 Å². The third-order valence-corrected chi connectivity index (χ3v) is 2.90. The van der Waals surface area contributed by atoms with Gasteiger partial charge in [0, 0.05) is 12.1 Å². The van der Waals surface area contributed by atoms with E-state index < -0.39 is 9.85 Å². The van der Waals surface area contributed by atoms with Crippen molar-refractivity contribution < 1.29 is 9.85 Å². The molecule has 22 heavy (non-hydrogen) atoms. The largest absolute Gasteiger partial charge is 0.279 e. The van der Waals surface area contributed by atoms with Crippen LogP contribution in [0.4, 0.5) is 11.4 Å². The van der Waals surface area contributed by atoms with Crippen LogP contribution in [0.15, 0.2) is 42.5 Å². The third kappa shape index (κ3) is 3.20. The number of nitro groups is 2. The predicted octanol–water partition coefficient (Wildman–Crippen LogP) is 2.77. The van der Waals surface area contributed by atoms with Gasteiger partial charge >= 0.3 is 0 Å². The number of benzene rings is 2. The minimum atomic E-state index is -0.637. The average Bonchev–Trinajstić information content (AvgIpc) is 2.96. The summed E-state index contributed by atoms with van der Waals surface area (Å²) in [4.78, 5) is 19.5. The Labute approximate surface area is 123 Å². The van der Waals surface area contributed by atoms with Gasteiger partial charge in [0.1, 0.15) is 11.1 Å². The number of fused-ring (bicyclic) bond motifs is 1. The first-order valence-corrected chi connectivity index (χ1v) is 6.15. The van der Waals surface area contributed by atoms with Crippen molar-refractivity contribution in [3.05, 3.63) is 68.3 Å². The van der Waals surface area contributed by atoms with Crippen LogP contribution in [-0.2, 0) is 0 Å². The van der Waals surface area contributed by atoms with Crippen LogP contribution in [0.5, 0.6) is 0 Å². The molecule has 0 aliphatic heterocycles. The molecular formula is C13H11N5O4. The third-order valence-electron chi connectivity index (χ3n) is 2.90. The van der Waals surface area contributed by atoms with Gasteiger partial charge in [-0.05, 0) is 25.1 Å². The molecule has 0 atom stereocenters. The minimum absolute atomic E-state index is 0.0810. The van der Waals surface area contributed by atoms with Crippen molar-refractivity contribution in [1.82, 2.24) is 15.4 Å². The quantitative estimate of drug-likeness (QED) is 0.572. The van der Waals surface area contributed by atoms with E-state index in [-0.39, 0.29) is 16.9 Å². The minimum Gasteiger partial charge on any atom is -0.258 e. The number of aromatic amines is 1. The number of nitrogens with zero attached hydrogens (tertiary/aromatic N) is 4. The normalized spacial score (nSPS) is 9.86. The number of hydrogen-bond acceptors (Lipinski definition) is 6. The standard InChI is InChI=1S/C7H6N2O4.C6H5N3/c1-5-6(8(10)11)3-2-4-7(5)9(12)13;1-2-4-6-5(3-1)7-9-8-6/h2-4H,1H3;1-4H,(H,7,8,9). The summed E-state index contributed by atoms with van der Waals surface area (Å²) in [5.41, 5.74) is 1.52. The summed E-state index contributed by atoms with van der Waals surface area (Å²) in [5, 5.41) is 31.0. The molecule has 112 valence electrons. The van der Waals surface area contributed by atoms with Gasteiger partial charge in [0.25, 0.3) is 11.4 Å². The molecule has 0 saturated heterocycles. The maximum Gasteiger partial charge on any atom is 0.279 e. The van der Waals surface area contributed by atoms with Gasteiger partial charge in [0.2, 0.25) is 0 Å². The molecule has 0 saturated carbocycles. The maximum atomic E-state index is 10.4. The molecule has 0 aliphatic rings. The van der Waals surface area contributed by atoms with E-state index >= 15 is 0 Å². The Morgan fingerprint density at radius 3 is 2.09 bits per heavy atom. The van der Waals surface area contributed by atoms with E-state index in [2.05, 4.69) is 15.4 Å². The van der Waals surface area contributed by atoms with Crippen LogP contribution in [-0.4, -0.2) is 25.3 Å². The highest BCUT2D eigenvalue weighted by Gasteiger charge is 2.19. The molecule has 0 radical (unpaired) electrons. The Balaban J connectivity index is 0.000000170. The fraction of sp³-hybridized carbons (Fsp3) is 0.0769. The summed E-state index contributed by atoms with van der Waals surface area (Å²) in [7, 11) is 0. The summed E-state index contributed by atoms with van der Waals surface area (Å²) in [6.07, 6.45) is 0. The van der Waals surface area contributed by atoms with Gasteiger partial charge in [-0.3, -0.25) is 25.3 Å². The number of rotatable bonds is 2. The molecule has 3 rings (SSSR count). The molecule has 3 aromatic rings. The topological polar surface area (TPSA) is 128 Å². The van der Waals surface area contributed by atoms with Gasteiger partial charge in [0.15, 0.2) is 0 Å². The number of para-hydroxylation sites is 1. The Bertz CT molecular complexity index is 768. The Morgan fingerprint density at radius 2 is 1.55 bits per heavy atom. The van der Waals surface area contributed by atoms with Crippen LogP contribution in [0.3, 0.4) is 0 Å². The Kier molecular flexibility index (Phi) is 4.37. The van der Waals surface area contributed by atoms with E-state index in [0.717, 1.165) is 11.0 Å². The predicted molar refractivity (Wildman–Crippen MR) is 78.4 cm³/mol. The van der Waals surface area contributed by atoms with Crippen LogP contribution >= 0.6 is 0 Å². The van der Waals surface area contributed by atoms with Crippen molar-refractivity contribution in [3.8, 4) is 0 Å². The number of H-pyrrole nitrogens is 1. The summed E-state index contributed by atoms with van der Waals surface area (Å²) >= 11 is 0. The molecule has 9 nitrogen and oxygen atoms in total. The molecular weight excluding hydrogens is 290 g/mol. The number of hydrogen-bond donors (Lipinski definition) is 1. The van der Waals surface area contributed by atoms with Gasteiger partial charge in [-0.25, -0.2) is 0 Å². The van der Waals surface area contributed by atoms with E-state index in [1.54, 1.807) is 0 Å². The van der Waals surface area contributed by atoms with Crippen molar-refractivity contribution in [2.45, 2.75) is 6.92 Å². The molecule has 0 unspecified atom stereocenters. The van der Waals surface area contributed by atoms with E-state index in [1.807, 2.05) is 24.3 Å². The summed E-state index contributed by atoms with van der Waals surface area (Å²) in [6.45, 7) is 1.36. The fourth-order valence-electron chi connectivity index (χ4n) is 1.80. The lowest BCUT2D eigenvalue weighted by Crippen LogP contribution is -1.96. The summed E-state index contributed by atoms with van der Waals surface area (Å²) in [5.74, 6) is 0. The van der Waals surface area contributed by atoms with Gasteiger partial charge < -0.3 is 0 Å². The molecule has 1 heterocycles. The molecule has 1 aromatic heterocycles. The first-order chi connectivity index (χ1) is 10.5. The SMILES string of the molecule is Cc1c([N+](=O)[O-])cccc1[N+](=O)[O-].c1ccc2[nH]nnc2c1. The number of nitro benzene ring substituents is 2. The zero-order valence-corrected chi connectivity index (χ0v) is 11.5. The first-order valence-electron chi connectivity index (χ1n) is 6.15. The monoisotopic (exact) mass is 301 g/mol. The van der Waals surface area contributed by atoms with Crippen molar-refractivity contribution >= 4 is 22.4 Å². The van der Waals surface area contributed by atoms with Gasteiger partial charge in [-0.15, -0.1) is 5.10 Å². The molecule has 0 spiro atoms. The Morgan fingerprint density at radius 1 is 0.955 bits per heavy atom. The zero-order valence-electron chi connectivity index (χ0n) is 11.5. The highest BCUT2D eigenvalue weighted by molar-refractivity contribution is 5.72. The van der Waals surface area contributed by atoms with E-state index in [0.29, 0.717) is 0 Å². The lowest BCUT2D eigenvalue weighted by Gasteiger charge is -1.96. The summed E-state index contributed by atoms with van der Waals surface area (Å²) in [6, 6.07) is 11.5. The molecule has 1 N–H and O–H groups in total. The zero-order chi connectivity index (χ0) is 16.1. The maximum absolute atomic E-state index is 10.4. The second kappa shape index (κ2) is 6.39. The first kappa shape index (κ1) is 15.0. The van der Waals surface area contributed by atoms with Crippen LogP contribution in [0, 0.1) is 27.2 Å². The highest BCUT2D eigenvalue weighted by Crippen LogP contribution is 2.26. The second-order valence-electron chi connectivity index (χ2n) is 4.26. The molecule has 0 amide bonds. The van der Waals surface area contributed by atoms with Crippen LogP contribution in [0.2, 0.25) is 0 Å². The molecule has 0 aliphatic carbocycles. The van der Waals surface area contributed by atoms with Crippen molar-refractivity contribution in [1.29, 1.82) is 0 Å². The van der Waals surface area contributed by atoms with Crippen LogP contribution in [0.1, 0.15) is 5.56 Å². The van der Waals surface area contributed by atoms with Crippen molar-refractivity contribution in [2.24, 2.45) is 0 Å². The van der Waals surface area contributed by atoms with Crippen molar-refractivity contribution in [3.63, 3.8) is 0 Å². The van der Waals surface area contributed by atoms with E-state index in [1.165, 1.54) is 25.1 Å². The smallest absolute Gasteiger partial charge is 0.258 e. The molecule has 0 fully saturated rings. The molecule has 9 heteroatoms. The van der Waals surface area contributed by atoms with Gasteiger partial charge in [0.05, 0.1) is 15.4 Å². The van der Waals surface area contributed by atoms with Crippen LogP contribution < -0.4 is 0 Å². The summed E-state index contributed by atoms with van der Waals surface area (Å²) < 4.78 is 0. The fourth-order valence-corrected chi connectivity index (χ4v) is 1.80. The second-order valence-corrected chi connectivity index (χ2v) is 4.26. The van der Waals surface area contributed by atoms with Crippen molar-refractivity contribution in [2.75, 3.05) is 0 Å². The highest BCUT2D eigenvalue weighted by atomic mass is 16.6. The lowest BCUT2D eigenvalue weighted by atomic mass is 10.1. The lowest BCUT2D eigenvalue weighted by molar-refractivity contribution is -0.395. The average molecular weight is 301 g/mol. The molecule has 2 aromatic carbocycles. The number of aromatic nitrogens is 3. The van der Waals surface area contributed by atoms with Crippen LogP contribution in [0.25, 0.3) is 11.0 Å². The van der Waals surface area contributed by atoms with Gasteiger partial charge in [-0.1, -0.05) is 17.3 Å². The van der Waals surface area contributed by atoms with E-state index in [4.69, 9.17) is 0 Å². The molecule has 0 bridgehead atoms. The number of nitrogens with one attached hydrogen (secondary N) is 1.